The summed E-state index contributed by atoms with van der Waals surface area (Å²) in [6, 6.07) is 13.4. The van der Waals surface area contributed by atoms with Crippen molar-refractivity contribution in [1.82, 2.24) is 4.98 Å². The molecule has 0 N–H and O–H groups in total. The largest absolute Gasteiger partial charge is 0.497 e. The van der Waals surface area contributed by atoms with Gasteiger partial charge in [-0.3, -0.25) is 0 Å². The Morgan fingerprint density at radius 3 is 2.14 bits per heavy atom. The minimum absolute atomic E-state index is 0.448. The maximum Gasteiger partial charge on any atom is 0.203 e. The summed E-state index contributed by atoms with van der Waals surface area (Å²) in [6.07, 6.45) is 1.75. The van der Waals surface area contributed by atoms with Crippen LogP contribution in [0, 0.1) is 11.3 Å². The third-order valence-corrected chi connectivity index (χ3v) is 5.11. The van der Waals surface area contributed by atoms with Gasteiger partial charge in [0.25, 0.3) is 0 Å². The Kier molecular flexibility index (Phi) is 6.37. The second kappa shape index (κ2) is 9.13. The van der Waals surface area contributed by atoms with Crippen molar-refractivity contribution >= 4 is 23.0 Å². The molecule has 7 heteroatoms. The van der Waals surface area contributed by atoms with Crippen molar-refractivity contribution in [2.45, 2.75) is 0 Å². The van der Waals surface area contributed by atoms with Gasteiger partial charge < -0.3 is 18.9 Å². The van der Waals surface area contributed by atoms with E-state index >= 15 is 0 Å². The lowest BCUT2D eigenvalue weighted by Crippen LogP contribution is -1.95. The monoisotopic (exact) mass is 408 g/mol. The normalized spacial score (nSPS) is 10.9. The molecule has 0 spiro atoms. The zero-order valence-corrected chi connectivity index (χ0v) is 17.4. The van der Waals surface area contributed by atoms with Crippen molar-refractivity contribution in [3.8, 4) is 40.3 Å². The van der Waals surface area contributed by atoms with Crippen LogP contribution in [0.3, 0.4) is 0 Å². The van der Waals surface area contributed by atoms with E-state index < -0.39 is 0 Å². The van der Waals surface area contributed by atoms with Crippen molar-refractivity contribution < 1.29 is 18.9 Å². The van der Waals surface area contributed by atoms with E-state index in [0.717, 1.165) is 22.6 Å². The molecule has 0 saturated heterocycles. The summed E-state index contributed by atoms with van der Waals surface area (Å²) in [5, 5.41) is 12.2. The Morgan fingerprint density at radius 2 is 1.62 bits per heavy atom. The van der Waals surface area contributed by atoms with Crippen LogP contribution in [0.1, 0.15) is 10.6 Å². The van der Waals surface area contributed by atoms with E-state index in [1.807, 2.05) is 29.6 Å². The Morgan fingerprint density at radius 1 is 0.966 bits per heavy atom. The number of nitrogens with zero attached hydrogens (tertiary/aromatic N) is 2. The van der Waals surface area contributed by atoms with Crippen LogP contribution in [0.4, 0.5) is 0 Å². The van der Waals surface area contributed by atoms with Gasteiger partial charge in [0, 0.05) is 10.9 Å². The summed E-state index contributed by atoms with van der Waals surface area (Å²) in [4.78, 5) is 4.62. The minimum Gasteiger partial charge on any atom is -0.497 e. The van der Waals surface area contributed by atoms with Crippen LogP contribution in [-0.4, -0.2) is 33.4 Å². The van der Waals surface area contributed by atoms with Crippen molar-refractivity contribution in [3.63, 3.8) is 0 Å². The fraction of sp³-hybridized carbons (Fsp3) is 0.182. The lowest BCUT2D eigenvalue weighted by atomic mass is 10.1. The second-order valence-electron chi connectivity index (χ2n) is 5.89. The molecule has 3 rings (SSSR count). The fourth-order valence-electron chi connectivity index (χ4n) is 2.79. The van der Waals surface area contributed by atoms with Gasteiger partial charge in [-0.15, -0.1) is 11.3 Å². The van der Waals surface area contributed by atoms with E-state index in [-0.39, 0.29) is 0 Å². The second-order valence-corrected chi connectivity index (χ2v) is 6.75. The van der Waals surface area contributed by atoms with Crippen LogP contribution in [0.25, 0.3) is 22.9 Å². The van der Waals surface area contributed by atoms with Crippen molar-refractivity contribution in [2.24, 2.45) is 0 Å². The summed E-state index contributed by atoms with van der Waals surface area (Å²) in [5.41, 5.74) is 2.96. The molecule has 0 saturated carbocycles. The predicted molar refractivity (Wildman–Crippen MR) is 114 cm³/mol. The molecule has 2 aromatic carbocycles. The number of nitriles is 1. The highest BCUT2D eigenvalue weighted by Gasteiger charge is 2.14. The Labute approximate surface area is 173 Å². The first-order valence-corrected chi connectivity index (χ1v) is 9.53. The summed E-state index contributed by atoms with van der Waals surface area (Å²) >= 11 is 1.41. The minimum atomic E-state index is 0.448. The lowest BCUT2D eigenvalue weighted by molar-refractivity contribution is 0.324. The zero-order valence-electron chi connectivity index (χ0n) is 16.6. The molecule has 1 heterocycles. The summed E-state index contributed by atoms with van der Waals surface area (Å²) in [7, 11) is 6.28. The molecule has 3 aromatic rings. The smallest absolute Gasteiger partial charge is 0.203 e. The predicted octanol–water partition coefficient (Wildman–Crippen LogP) is 4.91. The van der Waals surface area contributed by atoms with E-state index in [9.17, 15) is 5.26 Å². The van der Waals surface area contributed by atoms with Gasteiger partial charge in [0.2, 0.25) is 5.75 Å². The molecular formula is C22H20N2O4S. The molecule has 0 aliphatic carbocycles. The van der Waals surface area contributed by atoms with Crippen molar-refractivity contribution in [2.75, 3.05) is 28.4 Å². The average molecular weight is 408 g/mol. The lowest BCUT2D eigenvalue weighted by Gasteiger charge is -2.13. The number of hydrogen-bond donors (Lipinski definition) is 0. The Bertz CT molecular complexity index is 1040. The SMILES string of the molecule is COc1ccc(-c2csc(/C(C#N)=C/c3cc(OC)c(OC)c(OC)c3)n2)cc1. The van der Waals surface area contributed by atoms with Crippen LogP contribution in [-0.2, 0) is 0 Å². The standard InChI is InChI=1S/C22H20N2O4S/c1-25-17-7-5-15(6-8-17)18-13-29-22(24-18)16(12-23)9-14-10-19(26-2)21(28-4)20(11-14)27-3/h5-11,13H,1-4H3/b16-9+. The van der Waals surface area contributed by atoms with Crippen LogP contribution in [0.15, 0.2) is 41.8 Å². The Balaban J connectivity index is 1.97. The van der Waals surface area contributed by atoms with Gasteiger partial charge in [0.05, 0.1) is 39.7 Å². The highest BCUT2D eigenvalue weighted by molar-refractivity contribution is 7.11. The molecule has 0 aliphatic rings. The molecule has 0 bridgehead atoms. The number of allylic oxidation sites excluding steroid dienone is 1. The van der Waals surface area contributed by atoms with Gasteiger partial charge in [-0.25, -0.2) is 4.98 Å². The first-order chi connectivity index (χ1) is 14.1. The Hall–Kier alpha value is -3.50. The zero-order chi connectivity index (χ0) is 20.8. The van der Waals surface area contributed by atoms with E-state index in [1.165, 1.54) is 11.3 Å². The topological polar surface area (TPSA) is 73.6 Å². The number of thiazole rings is 1. The molecule has 0 atom stereocenters. The van der Waals surface area contributed by atoms with Crippen LogP contribution >= 0.6 is 11.3 Å². The van der Waals surface area contributed by atoms with Gasteiger partial charge in [-0.2, -0.15) is 5.26 Å². The molecule has 0 amide bonds. The molecule has 0 aliphatic heterocycles. The summed E-state index contributed by atoms with van der Waals surface area (Å²) in [5.74, 6) is 2.33. The molecule has 0 radical (unpaired) electrons. The molecular weight excluding hydrogens is 388 g/mol. The molecule has 148 valence electrons. The van der Waals surface area contributed by atoms with E-state index in [1.54, 1.807) is 46.6 Å². The summed E-state index contributed by atoms with van der Waals surface area (Å²) in [6.45, 7) is 0. The maximum absolute atomic E-state index is 9.69. The van der Waals surface area contributed by atoms with Crippen LogP contribution in [0.5, 0.6) is 23.0 Å². The first-order valence-electron chi connectivity index (χ1n) is 8.65. The maximum atomic E-state index is 9.69. The number of benzene rings is 2. The average Bonchev–Trinajstić information content (AvgIpc) is 3.26. The number of ether oxygens (including phenoxy) is 4. The van der Waals surface area contributed by atoms with E-state index in [4.69, 9.17) is 18.9 Å². The van der Waals surface area contributed by atoms with E-state index in [0.29, 0.717) is 27.8 Å². The van der Waals surface area contributed by atoms with E-state index in [2.05, 4.69) is 11.1 Å². The van der Waals surface area contributed by atoms with Gasteiger partial charge >= 0.3 is 0 Å². The van der Waals surface area contributed by atoms with Crippen LogP contribution < -0.4 is 18.9 Å². The van der Waals surface area contributed by atoms with Gasteiger partial charge in [-0.1, -0.05) is 0 Å². The number of methoxy groups -OCH3 is 4. The molecule has 1 aromatic heterocycles. The summed E-state index contributed by atoms with van der Waals surface area (Å²) < 4.78 is 21.3. The highest BCUT2D eigenvalue weighted by Crippen LogP contribution is 2.39. The quantitative estimate of drug-likeness (QED) is 0.517. The highest BCUT2D eigenvalue weighted by atomic mass is 32.1. The van der Waals surface area contributed by atoms with Gasteiger partial charge in [0.15, 0.2) is 11.5 Å². The fourth-order valence-corrected chi connectivity index (χ4v) is 3.58. The molecule has 0 fully saturated rings. The molecule has 6 nitrogen and oxygen atoms in total. The molecule has 29 heavy (non-hydrogen) atoms. The van der Waals surface area contributed by atoms with Crippen molar-refractivity contribution in [1.29, 1.82) is 5.26 Å². The molecule has 0 unspecified atom stereocenters. The number of hydrogen-bond acceptors (Lipinski definition) is 7. The third kappa shape index (κ3) is 4.33. The van der Waals surface area contributed by atoms with Crippen LogP contribution in [0.2, 0.25) is 0 Å². The van der Waals surface area contributed by atoms with Crippen molar-refractivity contribution in [3.05, 3.63) is 52.3 Å². The first kappa shape index (κ1) is 20.2. The van der Waals surface area contributed by atoms with Gasteiger partial charge in [0.1, 0.15) is 16.8 Å². The number of aromatic nitrogens is 1. The number of rotatable bonds is 7. The van der Waals surface area contributed by atoms with Gasteiger partial charge in [-0.05, 0) is 48.0 Å². The third-order valence-electron chi connectivity index (χ3n) is 4.24.